The minimum Gasteiger partial charge on any atom is -0.576 e. The number of alkyl halides is 3. The zero-order valence-corrected chi connectivity index (χ0v) is 3.95. The molecule has 0 unspecified atom stereocenters. The molecule has 0 N–H and O–H groups in total. The second kappa shape index (κ2) is 3.81. The molecular formula is C2F3LiO2. The van der Waals surface area contributed by atoms with E-state index in [4.69, 9.17) is 4.79 Å². The van der Waals surface area contributed by atoms with Crippen molar-refractivity contribution in [2.75, 3.05) is 0 Å². The van der Waals surface area contributed by atoms with Gasteiger partial charge < -0.3 is 9.53 Å². The number of rotatable bonds is 1. The summed E-state index contributed by atoms with van der Waals surface area (Å²) in [5.74, 6) is 0. The third-order valence-electron chi connectivity index (χ3n) is 0.157. The fourth-order valence-corrected chi connectivity index (χ4v) is 0.0472. The van der Waals surface area contributed by atoms with E-state index in [9.17, 15) is 13.2 Å². The molecule has 0 amide bonds. The van der Waals surface area contributed by atoms with Crippen LogP contribution in [0.1, 0.15) is 0 Å². The van der Waals surface area contributed by atoms with E-state index < -0.39 is 6.36 Å². The van der Waals surface area contributed by atoms with Crippen LogP contribution in [0, 0.1) is 0 Å². The minimum atomic E-state index is -4.87. The standard InChI is InChI=1S/C2F3O2.Li/c3-2(4,5)7-1-6;/q-1;+1. The van der Waals surface area contributed by atoms with E-state index in [2.05, 4.69) is 4.74 Å². The third kappa shape index (κ3) is 9.29. The van der Waals surface area contributed by atoms with Gasteiger partial charge in [-0.25, -0.2) is 0 Å². The summed E-state index contributed by atoms with van der Waals surface area (Å²) in [7, 11) is 0. The first-order chi connectivity index (χ1) is 3.06. The summed E-state index contributed by atoms with van der Waals surface area (Å²) in [6.07, 6.45) is -4.87. The molecule has 0 saturated carbocycles. The molecule has 0 bridgehead atoms. The average molecular weight is 120 g/mol. The number of halogens is 3. The maximum atomic E-state index is 10.6. The summed E-state index contributed by atoms with van der Waals surface area (Å²) in [5.41, 5.74) is 0. The van der Waals surface area contributed by atoms with Crippen molar-refractivity contribution >= 4 is 6.47 Å². The van der Waals surface area contributed by atoms with E-state index in [-0.39, 0.29) is 25.3 Å². The first-order valence-corrected chi connectivity index (χ1v) is 1.18. The molecule has 0 aromatic heterocycles. The number of ether oxygens (including phenoxy) is 1. The Morgan fingerprint density at radius 1 is 1.38 bits per heavy atom. The van der Waals surface area contributed by atoms with Gasteiger partial charge in [0, 0.05) is 0 Å². The van der Waals surface area contributed by atoms with Gasteiger partial charge >= 0.3 is 25.2 Å². The van der Waals surface area contributed by atoms with Crippen molar-refractivity contribution in [3.8, 4) is 0 Å². The van der Waals surface area contributed by atoms with Crippen LogP contribution in [0.25, 0.3) is 0 Å². The van der Waals surface area contributed by atoms with Crippen LogP contribution < -0.4 is 18.9 Å². The van der Waals surface area contributed by atoms with Crippen LogP contribution in [0.3, 0.4) is 0 Å². The molecule has 0 aliphatic carbocycles. The van der Waals surface area contributed by atoms with Crippen LogP contribution >= 0.6 is 0 Å². The molecule has 0 atom stereocenters. The Hall–Kier alpha value is -0.143. The summed E-state index contributed by atoms with van der Waals surface area (Å²) < 4.78 is 34.1. The van der Waals surface area contributed by atoms with E-state index >= 15 is 0 Å². The van der Waals surface area contributed by atoms with Crippen molar-refractivity contribution < 1.29 is 41.6 Å². The molecule has 0 saturated heterocycles. The fraction of sp³-hybridized carbons (Fsp3) is 0.500. The zero-order valence-electron chi connectivity index (χ0n) is 3.95. The van der Waals surface area contributed by atoms with E-state index in [0.29, 0.717) is 0 Å². The Morgan fingerprint density at radius 2 is 1.75 bits per heavy atom. The maximum absolute atomic E-state index is 10.6. The van der Waals surface area contributed by atoms with Crippen molar-refractivity contribution in [1.82, 2.24) is 0 Å². The van der Waals surface area contributed by atoms with Gasteiger partial charge in [0.25, 0.3) is 0 Å². The Morgan fingerprint density at radius 3 is 1.75 bits per heavy atom. The van der Waals surface area contributed by atoms with Crippen molar-refractivity contribution in [3.63, 3.8) is 0 Å². The predicted molar refractivity (Wildman–Crippen MR) is 12.8 cm³/mol. The normalized spacial score (nSPS) is 9.38. The van der Waals surface area contributed by atoms with E-state index in [1.54, 1.807) is 0 Å². The Kier molecular flexibility index (Phi) is 5.13. The van der Waals surface area contributed by atoms with E-state index in [0.717, 1.165) is 0 Å². The van der Waals surface area contributed by atoms with Crippen LogP contribution in [0.4, 0.5) is 13.2 Å². The molecule has 8 heavy (non-hydrogen) atoms. The van der Waals surface area contributed by atoms with E-state index in [1.807, 2.05) is 0 Å². The molecule has 0 aromatic carbocycles. The van der Waals surface area contributed by atoms with Crippen molar-refractivity contribution in [2.24, 2.45) is 0 Å². The maximum Gasteiger partial charge on any atom is 1.00 e. The Labute approximate surface area is 55.2 Å². The van der Waals surface area contributed by atoms with Crippen LogP contribution in [-0.2, 0) is 9.53 Å². The SMILES string of the molecule is O=[C-]OC(F)(F)F.[Li+]. The number of hydrogen-bond donors (Lipinski definition) is 0. The van der Waals surface area contributed by atoms with Crippen molar-refractivity contribution in [3.05, 3.63) is 0 Å². The number of hydrogen-bond acceptors (Lipinski definition) is 2. The quantitative estimate of drug-likeness (QED) is 0.284. The van der Waals surface area contributed by atoms with Gasteiger partial charge in [-0.1, -0.05) is 6.47 Å². The van der Waals surface area contributed by atoms with E-state index in [1.165, 1.54) is 0 Å². The largest absolute Gasteiger partial charge is 1.00 e. The molecule has 0 spiro atoms. The zero-order chi connectivity index (χ0) is 5.91. The summed E-state index contributed by atoms with van der Waals surface area (Å²) in [6, 6.07) is 0. The Bertz CT molecular complexity index is 70.2. The number of carbonyl (C=O) groups excluding carboxylic acids is 1. The monoisotopic (exact) mass is 120 g/mol. The minimum absolute atomic E-state index is 0. The summed E-state index contributed by atoms with van der Waals surface area (Å²) >= 11 is 0. The summed E-state index contributed by atoms with van der Waals surface area (Å²) in [5, 5.41) is 0. The topological polar surface area (TPSA) is 26.3 Å². The molecule has 42 valence electrons. The first kappa shape index (κ1) is 10.8. The van der Waals surface area contributed by atoms with Gasteiger partial charge in [0.2, 0.25) is 0 Å². The van der Waals surface area contributed by atoms with Crippen LogP contribution in [0.15, 0.2) is 0 Å². The van der Waals surface area contributed by atoms with Gasteiger partial charge in [-0.05, 0) is 0 Å². The molecule has 0 heterocycles. The van der Waals surface area contributed by atoms with Gasteiger partial charge in [-0.2, -0.15) is 0 Å². The van der Waals surface area contributed by atoms with Gasteiger partial charge in [0.15, 0.2) is 0 Å². The van der Waals surface area contributed by atoms with Crippen molar-refractivity contribution in [2.45, 2.75) is 6.36 Å². The summed E-state index contributed by atoms with van der Waals surface area (Å²) in [6.45, 7) is 0.233. The first-order valence-electron chi connectivity index (χ1n) is 1.18. The van der Waals surface area contributed by atoms with Crippen LogP contribution in [0.2, 0.25) is 0 Å². The molecule has 6 heteroatoms. The molecule has 0 aliphatic heterocycles. The van der Waals surface area contributed by atoms with Gasteiger partial charge in [-0.15, -0.1) is 13.2 Å². The average Bonchev–Trinajstić information content (AvgIpc) is 1.30. The summed E-state index contributed by atoms with van der Waals surface area (Å²) in [4.78, 5) is 8.75. The fourth-order valence-electron chi connectivity index (χ4n) is 0.0472. The predicted octanol–water partition coefficient (Wildman–Crippen LogP) is -2.41. The van der Waals surface area contributed by atoms with Crippen LogP contribution in [-0.4, -0.2) is 12.8 Å². The van der Waals surface area contributed by atoms with Gasteiger partial charge in [0.05, 0.1) is 0 Å². The second-order valence-corrected chi connectivity index (χ2v) is 0.631. The smallest absolute Gasteiger partial charge is 0.576 e. The second-order valence-electron chi connectivity index (χ2n) is 0.631. The Balaban J connectivity index is 0. The molecule has 2 nitrogen and oxygen atoms in total. The molecule has 0 aromatic rings. The molecule has 0 aliphatic rings. The van der Waals surface area contributed by atoms with Crippen LogP contribution in [0.5, 0.6) is 0 Å². The van der Waals surface area contributed by atoms with Gasteiger partial charge in [-0.3, -0.25) is 0 Å². The van der Waals surface area contributed by atoms with Gasteiger partial charge in [0.1, 0.15) is 0 Å². The molecular weight excluding hydrogens is 120 g/mol. The molecule has 0 fully saturated rings. The van der Waals surface area contributed by atoms with Crippen molar-refractivity contribution in [1.29, 1.82) is 0 Å². The third-order valence-corrected chi connectivity index (χ3v) is 0.157. The molecule has 0 radical (unpaired) electrons. The molecule has 0 rings (SSSR count).